The van der Waals surface area contributed by atoms with Crippen LogP contribution in [-0.4, -0.2) is 28.7 Å². The predicted molar refractivity (Wildman–Crippen MR) is 42.9 cm³/mol. The first kappa shape index (κ1) is 12.4. The predicted octanol–water partition coefficient (Wildman–Crippen LogP) is 1.64. The summed E-state index contributed by atoms with van der Waals surface area (Å²) in [6, 6.07) is 0. The van der Waals surface area contributed by atoms with Crippen LogP contribution < -0.4 is 10.5 Å². The molecule has 0 amide bonds. The number of hydrogen-bond donors (Lipinski definition) is 1. The average molecular weight is 243 g/mol. The van der Waals surface area contributed by atoms with Crippen molar-refractivity contribution in [1.82, 2.24) is 9.97 Å². The van der Waals surface area contributed by atoms with E-state index in [9.17, 15) is 22.0 Å². The molecule has 1 heterocycles. The lowest BCUT2D eigenvalue weighted by molar-refractivity contribution is -0.290. The molecule has 0 saturated heterocycles. The van der Waals surface area contributed by atoms with E-state index in [0.717, 1.165) is 12.4 Å². The molecule has 4 nitrogen and oxygen atoms in total. The summed E-state index contributed by atoms with van der Waals surface area (Å²) in [6.07, 6.45) is -3.70. The summed E-state index contributed by atoms with van der Waals surface area (Å²) in [5.74, 6) is -5.59. The normalized spacial score (nSPS) is 12.6. The Balaban J connectivity index is 2.65. The minimum Gasteiger partial charge on any atom is -0.470 e. The summed E-state index contributed by atoms with van der Waals surface area (Å²) >= 11 is 0. The van der Waals surface area contributed by atoms with E-state index in [1.54, 1.807) is 0 Å². The van der Waals surface area contributed by atoms with Crippen molar-refractivity contribution in [3.05, 3.63) is 12.4 Å². The van der Waals surface area contributed by atoms with Gasteiger partial charge in [-0.05, 0) is 0 Å². The van der Waals surface area contributed by atoms with Gasteiger partial charge in [-0.3, -0.25) is 4.98 Å². The second-order valence-electron chi connectivity index (χ2n) is 2.77. The lowest BCUT2D eigenvalue weighted by atomic mass is 10.3. The van der Waals surface area contributed by atoms with Gasteiger partial charge in [0.1, 0.15) is 5.82 Å². The molecule has 90 valence electrons. The maximum Gasteiger partial charge on any atom is 0.456 e. The van der Waals surface area contributed by atoms with E-state index in [1.165, 1.54) is 0 Å². The highest BCUT2D eigenvalue weighted by molar-refractivity contribution is 5.25. The third-order valence-corrected chi connectivity index (χ3v) is 1.45. The Hall–Kier alpha value is -1.67. The maximum absolute atomic E-state index is 12.4. The number of anilines is 1. The number of hydrogen-bond acceptors (Lipinski definition) is 4. The molecule has 0 aliphatic carbocycles. The Kier molecular flexibility index (Phi) is 3.15. The summed E-state index contributed by atoms with van der Waals surface area (Å²) in [6.45, 7) is -1.87. The molecule has 0 saturated carbocycles. The van der Waals surface area contributed by atoms with Gasteiger partial charge < -0.3 is 10.5 Å². The number of nitrogen functional groups attached to an aromatic ring is 1. The van der Waals surface area contributed by atoms with Crippen LogP contribution in [0.15, 0.2) is 12.4 Å². The van der Waals surface area contributed by atoms with E-state index < -0.39 is 24.6 Å². The number of nitrogens with two attached hydrogens (primary N) is 1. The Morgan fingerprint density at radius 1 is 1.19 bits per heavy atom. The molecule has 0 aromatic carbocycles. The van der Waals surface area contributed by atoms with Crippen molar-refractivity contribution < 1.29 is 26.7 Å². The van der Waals surface area contributed by atoms with Gasteiger partial charge in [-0.15, -0.1) is 0 Å². The maximum atomic E-state index is 12.4. The molecule has 0 aliphatic rings. The summed E-state index contributed by atoms with van der Waals surface area (Å²) in [7, 11) is 0. The summed E-state index contributed by atoms with van der Waals surface area (Å²) in [5, 5.41) is 0. The van der Waals surface area contributed by atoms with Crippen molar-refractivity contribution in [3.8, 4) is 5.88 Å². The van der Waals surface area contributed by atoms with E-state index >= 15 is 0 Å². The molecule has 0 atom stereocenters. The fourth-order valence-electron chi connectivity index (χ4n) is 0.678. The van der Waals surface area contributed by atoms with Crippen molar-refractivity contribution in [1.29, 1.82) is 0 Å². The van der Waals surface area contributed by atoms with Gasteiger partial charge in [-0.1, -0.05) is 0 Å². The van der Waals surface area contributed by atoms with Crippen LogP contribution in [0, 0.1) is 0 Å². The molecule has 2 N–H and O–H groups in total. The zero-order valence-corrected chi connectivity index (χ0v) is 7.63. The summed E-state index contributed by atoms with van der Waals surface area (Å²) in [5.41, 5.74) is 5.12. The molecule has 16 heavy (non-hydrogen) atoms. The quantitative estimate of drug-likeness (QED) is 0.819. The van der Waals surface area contributed by atoms with Crippen LogP contribution in [0.5, 0.6) is 5.88 Å². The molecule has 0 radical (unpaired) electrons. The first-order chi connectivity index (χ1) is 7.22. The molecule has 9 heteroatoms. The fourth-order valence-corrected chi connectivity index (χ4v) is 0.678. The zero-order chi connectivity index (χ0) is 12.4. The first-order valence-corrected chi connectivity index (χ1v) is 3.87. The lowest BCUT2D eigenvalue weighted by Gasteiger charge is -2.19. The lowest BCUT2D eigenvalue weighted by Crippen LogP contribution is -2.41. The van der Waals surface area contributed by atoms with Crippen molar-refractivity contribution in [3.63, 3.8) is 0 Å². The highest BCUT2D eigenvalue weighted by Gasteiger charge is 2.58. The van der Waals surface area contributed by atoms with E-state index in [1.807, 2.05) is 0 Å². The third-order valence-electron chi connectivity index (χ3n) is 1.45. The van der Waals surface area contributed by atoms with Gasteiger partial charge >= 0.3 is 12.1 Å². The molecule has 0 bridgehead atoms. The third kappa shape index (κ3) is 2.91. The highest BCUT2D eigenvalue weighted by atomic mass is 19.4. The van der Waals surface area contributed by atoms with Gasteiger partial charge in [0.15, 0.2) is 6.61 Å². The number of aromatic nitrogens is 2. The summed E-state index contributed by atoms with van der Waals surface area (Å²) < 4.78 is 64.1. The number of halogens is 5. The minimum atomic E-state index is -5.67. The molecule has 1 aromatic heterocycles. The van der Waals surface area contributed by atoms with E-state index in [2.05, 4.69) is 14.7 Å². The van der Waals surface area contributed by atoms with Gasteiger partial charge in [-0.2, -0.15) is 26.9 Å². The topological polar surface area (TPSA) is 61.0 Å². The molecule has 0 spiro atoms. The number of alkyl halides is 5. The van der Waals surface area contributed by atoms with Crippen LogP contribution in [0.2, 0.25) is 0 Å². The van der Waals surface area contributed by atoms with Crippen LogP contribution in [0.25, 0.3) is 0 Å². The van der Waals surface area contributed by atoms with Crippen molar-refractivity contribution in [2.45, 2.75) is 12.1 Å². The van der Waals surface area contributed by atoms with Gasteiger partial charge in [0.05, 0.1) is 12.4 Å². The van der Waals surface area contributed by atoms with Gasteiger partial charge in [0.2, 0.25) is 5.88 Å². The molecule has 0 aliphatic heterocycles. The van der Waals surface area contributed by atoms with Crippen LogP contribution >= 0.6 is 0 Å². The summed E-state index contributed by atoms with van der Waals surface area (Å²) in [4.78, 5) is 6.76. The van der Waals surface area contributed by atoms with Crippen LogP contribution in [0.1, 0.15) is 0 Å². The van der Waals surface area contributed by atoms with Crippen LogP contribution in [-0.2, 0) is 0 Å². The number of rotatable bonds is 3. The molecule has 1 rings (SSSR count). The number of ether oxygens (including phenoxy) is 1. The Morgan fingerprint density at radius 3 is 2.31 bits per heavy atom. The smallest absolute Gasteiger partial charge is 0.456 e. The highest BCUT2D eigenvalue weighted by Crippen LogP contribution is 2.35. The number of nitrogens with zero attached hydrogens (tertiary/aromatic N) is 2. The molecular weight excluding hydrogens is 237 g/mol. The second-order valence-corrected chi connectivity index (χ2v) is 2.77. The molecule has 0 fully saturated rings. The largest absolute Gasteiger partial charge is 0.470 e. The van der Waals surface area contributed by atoms with Gasteiger partial charge in [0.25, 0.3) is 0 Å². The Morgan fingerprint density at radius 2 is 1.81 bits per heavy atom. The fraction of sp³-hybridized carbons (Fsp3) is 0.429. The monoisotopic (exact) mass is 243 g/mol. The molecular formula is C7H6F5N3O. The van der Waals surface area contributed by atoms with E-state index in [4.69, 9.17) is 5.73 Å². The van der Waals surface area contributed by atoms with Crippen LogP contribution in [0.3, 0.4) is 0 Å². The van der Waals surface area contributed by atoms with E-state index in [0.29, 0.717) is 0 Å². The van der Waals surface area contributed by atoms with Gasteiger partial charge in [0, 0.05) is 0 Å². The SMILES string of the molecule is Nc1cncc(OCC(F)(F)C(F)(F)F)n1. The second kappa shape index (κ2) is 4.06. The minimum absolute atomic E-state index is 0.146. The van der Waals surface area contributed by atoms with Crippen LogP contribution in [0.4, 0.5) is 27.8 Å². The van der Waals surface area contributed by atoms with E-state index in [-0.39, 0.29) is 5.82 Å². The molecule has 1 aromatic rings. The Bertz CT molecular complexity index is 367. The average Bonchev–Trinajstić information content (AvgIpc) is 2.13. The standard InChI is InChI=1S/C7H6F5N3O/c8-6(9,7(10,11)12)3-16-5-2-14-1-4(13)15-5/h1-2H,3H2,(H2,13,15). The first-order valence-electron chi connectivity index (χ1n) is 3.87. The Labute approximate surface area is 86.2 Å². The molecule has 0 unspecified atom stereocenters. The van der Waals surface area contributed by atoms with Gasteiger partial charge in [-0.25, -0.2) is 0 Å². The van der Waals surface area contributed by atoms with Crippen molar-refractivity contribution in [2.75, 3.05) is 12.3 Å². The zero-order valence-electron chi connectivity index (χ0n) is 7.63. The van der Waals surface area contributed by atoms with Crippen molar-refractivity contribution in [2.24, 2.45) is 0 Å². The van der Waals surface area contributed by atoms with Crippen molar-refractivity contribution >= 4 is 5.82 Å².